The van der Waals surface area contributed by atoms with Crippen LogP contribution in [0.3, 0.4) is 0 Å². The van der Waals surface area contributed by atoms with Crippen molar-refractivity contribution >= 4 is 17.3 Å². The first-order valence-electron chi connectivity index (χ1n) is 7.84. The van der Waals surface area contributed by atoms with E-state index in [4.69, 9.17) is 0 Å². The lowest BCUT2D eigenvalue weighted by molar-refractivity contribution is -0.384. The Morgan fingerprint density at radius 1 is 1.12 bits per heavy atom. The summed E-state index contributed by atoms with van der Waals surface area (Å²) in [7, 11) is 0. The molecule has 1 aromatic heterocycles. The van der Waals surface area contributed by atoms with Gasteiger partial charge in [0.2, 0.25) is 0 Å². The molecular formula is C18H16N4O3. The second-order valence-corrected chi connectivity index (χ2v) is 5.52. The smallest absolute Gasteiger partial charge is 0.298 e. The lowest BCUT2D eigenvalue weighted by Gasteiger charge is -2.34. The van der Waals surface area contributed by atoms with Gasteiger partial charge in [0.15, 0.2) is 0 Å². The molecular weight excluding hydrogens is 320 g/mol. The minimum Gasteiger partial charge on any atom is -0.361 e. The molecule has 0 saturated carbocycles. The number of hydrogen-bond acceptors (Lipinski definition) is 5. The number of anilines is 1. The fourth-order valence-electron chi connectivity index (χ4n) is 2.65. The summed E-state index contributed by atoms with van der Waals surface area (Å²) in [6.45, 7) is 1.94. The van der Waals surface area contributed by atoms with Crippen molar-refractivity contribution in [3.63, 3.8) is 0 Å². The Morgan fingerprint density at radius 3 is 2.52 bits per heavy atom. The molecule has 1 saturated heterocycles. The number of amides is 1. The second-order valence-electron chi connectivity index (χ2n) is 5.52. The zero-order valence-electron chi connectivity index (χ0n) is 13.5. The average molecular weight is 336 g/mol. The lowest BCUT2D eigenvalue weighted by atomic mass is 10.2. The molecule has 1 aliphatic rings. The van der Waals surface area contributed by atoms with Gasteiger partial charge in [-0.15, -0.1) is 0 Å². The largest absolute Gasteiger partial charge is 0.361 e. The Kier molecular flexibility index (Phi) is 4.90. The average Bonchev–Trinajstić information content (AvgIpc) is 2.67. The van der Waals surface area contributed by atoms with Gasteiger partial charge in [0.25, 0.3) is 11.6 Å². The zero-order valence-corrected chi connectivity index (χ0v) is 13.5. The number of benzene rings is 1. The molecule has 0 spiro atoms. The van der Waals surface area contributed by atoms with Gasteiger partial charge >= 0.3 is 0 Å². The molecule has 2 aromatic rings. The molecule has 0 unspecified atom stereocenters. The van der Waals surface area contributed by atoms with Crippen LogP contribution in [0.15, 0.2) is 48.8 Å². The summed E-state index contributed by atoms with van der Waals surface area (Å²) in [4.78, 5) is 30.4. The van der Waals surface area contributed by atoms with Crippen LogP contribution in [-0.4, -0.2) is 46.9 Å². The van der Waals surface area contributed by atoms with Crippen molar-refractivity contribution in [2.75, 3.05) is 31.1 Å². The van der Waals surface area contributed by atoms with Crippen LogP contribution in [-0.2, 0) is 4.79 Å². The second kappa shape index (κ2) is 7.45. The van der Waals surface area contributed by atoms with E-state index in [9.17, 15) is 14.9 Å². The number of nitrogens with zero attached hydrogens (tertiary/aromatic N) is 4. The monoisotopic (exact) mass is 336 g/mol. The number of aromatic nitrogens is 1. The van der Waals surface area contributed by atoms with E-state index < -0.39 is 4.92 Å². The first-order chi connectivity index (χ1) is 12.1. The first-order valence-corrected chi connectivity index (χ1v) is 7.84. The Balaban J connectivity index is 1.64. The van der Waals surface area contributed by atoms with Crippen molar-refractivity contribution in [2.45, 2.75) is 0 Å². The number of hydrogen-bond donors (Lipinski definition) is 0. The summed E-state index contributed by atoms with van der Waals surface area (Å²) in [5, 5.41) is 11.1. The first kappa shape index (κ1) is 16.5. The van der Waals surface area contributed by atoms with E-state index >= 15 is 0 Å². The number of rotatable bonds is 2. The van der Waals surface area contributed by atoms with Crippen LogP contribution >= 0.6 is 0 Å². The van der Waals surface area contributed by atoms with Crippen LogP contribution in [0.25, 0.3) is 0 Å². The van der Waals surface area contributed by atoms with E-state index in [2.05, 4.69) is 16.8 Å². The van der Waals surface area contributed by atoms with E-state index in [0.29, 0.717) is 31.9 Å². The van der Waals surface area contributed by atoms with Gasteiger partial charge in [-0.2, -0.15) is 0 Å². The van der Waals surface area contributed by atoms with Gasteiger partial charge in [-0.1, -0.05) is 24.1 Å². The Hall–Kier alpha value is -3.40. The van der Waals surface area contributed by atoms with Crippen LogP contribution in [0.2, 0.25) is 0 Å². The number of piperazine rings is 1. The standard InChI is InChI=1S/C18H16N4O3/c23-18(7-6-15-4-2-1-3-5-15)21-12-10-20(11-13-21)17-14-19-9-8-16(17)22(24)25/h1-5,8-9,14H,10-13H2. The van der Waals surface area contributed by atoms with Crippen molar-refractivity contribution in [1.82, 2.24) is 9.88 Å². The molecule has 7 nitrogen and oxygen atoms in total. The van der Waals surface area contributed by atoms with E-state index in [1.54, 1.807) is 4.90 Å². The van der Waals surface area contributed by atoms with Crippen LogP contribution in [0.1, 0.15) is 5.56 Å². The lowest BCUT2D eigenvalue weighted by Crippen LogP contribution is -2.48. The molecule has 0 N–H and O–H groups in total. The topological polar surface area (TPSA) is 79.6 Å². The van der Waals surface area contributed by atoms with Gasteiger partial charge in [0.1, 0.15) is 5.69 Å². The number of nitro groups is 1. The minimum absolute atomic E-state index is 0.0265. The highest BCUT2D eigenvalue weighted by Crippen LogP contribution is 2.27. The third-order valence-electron chi connectivity index (χ3n) is 3.97. The van der Waals surface area contributed by atoms with Gasteiger partial charge in [0.05, 0.1) is 11.1 Å². The summed E-state index contributed by atoms with van der Waals surface area (Å²) in [6, 6.07) is 10.7. The third kappa shape index (κ3) is 3.93. The van der Waals surface area contributed by atoms with Crippen molar-refractivity contribution < 1.29 is 9.72 Å². The summed E-state index contributed by atoms with van der Waals surface area (Å²) < 4.78 is 0. The fourth-order valence-corrected chi connectivity index (χ4v) is 2.65. The molecule has 126 valence electrons. The molecule has 0 atom stereocenters. The Bertz CT molecular complexity index is 834. The quantitative estimate of drug-likeness (QED) is 0.474. The Labute approximate surface area is 145 Å². The summed E-state index contributed by atoms with van der Waals surface area (Å²) in [6.07, 6.45) is 2.89. The highest BCUT2D eigenvalue weighted by atomic mass is 16.6. The van der Waals surface area contributed by atoms with Gasteiger partial charge in [-0.3, -0.25) is 19.9 Å². The van der Waals surface area contributed by atoms with Crippen molar-refractivity contribution in [2.24, 2.45) is 0 Å². The summed E-state index contributed by atoms with van der Waals surface area (Å²) >= 11 is 0. The number of pyridine rings is 1. The minimum atomic E-state index is -0.417. The molecule has 3 rings (SSSR count). The normalized spacial score (nSPS) is 13.8. The zero-order chi connectivity index (χ0) is 17.6. The van der Waals surface area contributed by atoms with E-state index in [-0.39, 0.29) is 11.6 Å². The predicted octanol–water partition coefficient (Wildman–Crippen LogP) is 1.69. The maximum absolute atomic E-state index is 12.2. The molecule has 1 amide bonds. The highest BCUT2D eigenvalue weighted by Gasteiger charge is 2.25. The van der Waals surface area contributed by atoms with Crippen molar-refractivity contribution in [3.8, 4) is 11.8 Å². The van der Waals surface area contributed by atoms with Gasteiger partial charge in [-0.05, 0) is 12.1 Å². The van der Waals surface area contributed by atoms with Crippen molar-refractivity contribution in [3.05, 3.63) is 64.5 Å². The van der Waals surface area contributed by atoms with E-state index in [0.717, 1.165) is 5.56 Å². The molecule has 0 bridgehead atoms. The molecule has 1 aliphatic heterocycles. The summed E-state index contributed by atoms with van der Waals surface area (Å²) in [5.41, 5.74) is 1.30. The molecule has 25 heavy (non-hydrogen) atoms. The van der Waals surface area contributed by atoms with Crippen LogP contribution in [0.5, 0.6) is 0 Å². The molecule has 7 heteroatoms. The molecule has 1 aromatic carbocycles. The van der Waals surface area contributed by atoms with Crippen LogP contribution in [0.4, 0.5) is 11.4 Å². The van der Waals surface area contributed by atoms with E-state index in [1.807, 2.05) is 35.2 Å². The van der Waals surface area contributed by atoms with Crippen LogP contribution in [0, 0.1) is 22.0 Å². The molecule has 0 radical (unpaired) electrons. The summed E-state index contributed by atoms with van der Waals surface area (Å²) in [5.74, 6) is 5.27. The number of carbonyl (C=O) groups excluding carboxylic acids is 1. The SMILES string of the molecule is O=C(C#Cc1ccccc1)N1CCN(c2cnccc2[N+](=O)[O-])CC1. The van der Waals surface area contributed by atoms with Crippen LogP contribution < -0.4 is 4.90 Å². The third-order valence-corrected chi connectivity index (χ3v) is 3.97. The van der Waals surface area contributed by atoms with Gasteiger partial charge in [0, 0.05) is 49.9 Å². The van der Waals surface area contributed by atoms with Gasteiger partial charge < -0.3 is 9.80 Å². The van der Waals surface area contributed by atoms with Gasteiger partial charge in [-0.25, -0.2) is 0 Å². The number of carbonyl (C=O) groups is 1. The fraction of sp³-hybridized carbons (Fsp3) is 0.222. The maximum atomic E-state index is 12.2. The molecule has 1 fully saturated rings. The molecule has 2 heterocycles. The maximum Gasteiger partial charge on any atom is 0.298 e. The predicted molar refractivity (Wildman–Crippen MR) is 93.0 cm³/mol. The van der Waals surface area contributed by atoms with E-state index in [1.165, 1.54) is 18.5 Å². The Morgan fingerprint density at radius 2 is 1.84 bits per heavy atom. The van der Waals surface area contributed by atoms with Crippen molar-refractivity contribution in [1.29, 1.82) is 0 Å². The molecule has 0 aliphatic carbocycles. The highest BCUT2D eigenvalue weighted by molar-refractivity contribution is 5.94.